The highest BCUT2D eigenvalue weighted by Crippen LogP contribution is 2.16. The van der Waals surface area contributed by atoms with Crippen LogP contribution in [0, 0.1) is 11.6 Å². The Morgan fingerprint density at radius 2 is 1.56 bits per heavy atom. The minimum atomic E-state index is -0.222. The lowest BCUT2D eigenvalue weighted by Crippen LogP contribution is -2.44. The molecule has 0 saturated heterocycles. The van der Waals surface area contributed by atoms with E-state index in [2.05, 4.69) is 5.23 Å². The Morgan fingerprint density at radius 1 is 0.880 bits per heavy atom. The molecule has 25 heavy (non-hydrogen) atoms. The zero-order chi connectivity index (χ0) is 17.2. The largest absolute Gasteiger partial charge is 0.427 e. The Morgan fingerprint density at radius 3 is 2.36 bits per heavy atom. The molecule has 2 aromatic rings. The molecule has 0 atom stereocenters. The Labute approximate surface area is 147 Å². The first-order valence-corrected chi connectivity index (χ1v) is 8.74. The molecule has 0 aliphatic carbocycles. The fourth-order valence-electron chi connectivity index (χ4n) is 3.61. The molecule has 1 N–H and O–H groups in total. The lowest BCUT2D eigenvalue weighted by molar-refractivity contribution is 0.321. The molecule has 0 radical (unpaired) electrons. The number of fused-ring (bicyclic) bond motifs is 2. The first-order valence-electron chi connectivity index (χ1n) is 8.74. The number of rotatable bonds is 6. The quantitative estimate of drug-likeness (QED) is 0.644. The highest BCUT2D eigenvalue weighted by atomic mass is 19.1. The van der Waals surface area contributed by atoms with Gasteiger partial charge in [-0.25, -0.2) is 8.78 Å². The highest BCUT2D eigenvalue weighted by molar-refractivity contribution is 6.68. The van der Waals surface area contributed by atoms with Crippen LogP contribution >= 0.6 is 0 Å². The van der Waals surface area contributed by atoms with Gasteiger partial charge in [0.25, 0.3) is 0 Å². The molecular weight excluding hydrogens is 322 g/mol. The summed E-state index contributed by atoms with van der Waals surface area (Å²) in [7, 11) is -0.151. The summed E-state index contributed by atoms with van der Waals surface area (Å²) in [5, 5.41) is 3.37. The van der Waals surface area contributed by atoms with E-state index in [1.165, 1.54) is 18.2 Å². The van der Waals surface area contributed by atoms with Crippen LogP contribution in [0.25, 0.3) is 0 Å². The second-order valence-electron chi connectivity index (χ2n) is 6.63. The fraction of sp³-hybridized carbons (Fsp3) is 0.333. The average molecular weight is 341 g/mol. The standard InChI is InChI=1S/C18H19B2F2NO2/c21-15-3-5-17-13(9-15)11-24-19(17)7-1-2-8-23-20-18-6-4-16(22)10-14(18)12-25-20/h3-6,9-10,23H,1-2,7-8,11-12H2. The molecule has 2 aromatic carbocycles. The Balaban J connectivity index is 1.22. The number of hydrogen-bond acceptors (Lipinski definition) is 3. The summed E-state index contributed by atoms with van der Waals surface area (Å²) in [5.74, 6) is -0.427. The van der Waals surface area contributed by atoms with Crippen LogP contribution in [0.2, 0.25) is 6.32 Å². The third kappa shape index (κ3) is 3.64. The zero-order valence-electron chi connectivity index (χ0n) is 13.9. The molecule has 0 saturated carbocycles. The molecule has 7 heteroatoms. The van der Waals surface area contributed by atoms with Crippen LogP contribution < -0.4 is 16.2 Å². The minimum absolute atomic E-state index is 0.0713. The molecule has 0 spiro atoms. The zero-order valence-corrected chi connectivity index (χ0v) is 13.9. The van der Waals surface area contributed by atoms with Crippen LogP contribution in [-0.4, -0.2) is 20.5 Å². The SMILES string of the molecule is Fc1ccc2c(c1)COB2CCCCNB1OCc2cc(F)ccc21. The topological polar surface area (TPSA) is 30.5 Å². The second kappa shape index (κ2) is 7.28. The van der Waals surface area contributed by atoms with Crippen LogP contribution in [0.3, 0.4) is 0 Å². The van der Waals surface area contributed by atoms with Gasteiger partial charge >= 0.3 is 14.0 Å². The smallest absolute Gasteiger partial charge is 0.416 e. The van der Waals surface area contributed by atoms with Crippen LogP contribution in [0.1, 0.15) is 24.0 Å². The molecule has 4 rings (SSSR count). The molecule has 0 fully saturated rings. The van der Waals surface area contributed by atoms with E-state index in [1.807, 2.05) is 6.07 Å². The minimum Gasteiger partial charge on any atom is -0.427 e. The summed E-state index contributed by atoms with van der Waals surface area (Å²) in [6.07, 6.45) is 2.93. The van der Waals surface area contributed by atoms with Crippen molar-refractivity contribution >= 4 is 24.9 Å². The maximum atomic E-state index is 13.2. The maximum absolute atomic E-state index is 13.2. The highest BCUT2D eigenvalue weighted by Gasteiger charge is 2.29. The molecule has 0 amide bonds. The monoisotopic (exact) mass is 341 g/mol. The van der Waals surface area contributed by atoms with Gasteiger partial charge in [-0.2, -0.15) is 0 Å². The summed E-state index contributed by atoms with van der Waals surface area (Å²) < 4.78 is 37.9. The third-order valence-corrected chi connectivity index (χ3v) is 4.91. The fourth-order valence-corrected chi connectivity index (χ4v) is 3.61. The lowest BCUT2D eigenvalue weighted by atomic mass is 9.58. The molecule has 0 aromatic heterocycles. The van der Waals surface area contributed by atoms with E-state index in [-0.39, 0.29) is 25.6 Å². The second-order valence-corrected chi connectivity index (χ2v) is 6.63. The number of nitrogens with one attached hydrogen (secondary N) is 1. The van der Waals surface area contributed by atoms with Crippen molar-refractivity contribution in [2.45, 2.75) is 32.4 Å². The summed E-state index contributed by atoms with van der Waals surface area (Å²) in [6, 6.07) is 9.70. The first-order chi connectivity index (χ1) is 12.2. The van der Waals surface area contributed by atoms with Gasteiger partial charge in [0, 0.05) is 0 Å². The van der Waals surface area contributed by atoms with Gasteiger partial charge in [0.05, 0.1) is 13.2 Å². The Hall–Kier alpha value is -1.69. The molecule has 128 valence electrons. The third-order valence-electron chi connectivity index (χ3n) is 4.91. The van der Waals surface area contributed by atoms with E-state index in [0.717, 1.165) is 47.8 Å². The van der Waals surface area contributed by atoms with Gasteiger partial charge in [-0.15, -0.1) is 0 Å². The van der Waals surface area contributed by atoms with Crippen molar-refractivity contribution in [2.24, 2.45) is 0 Å². The first kappa shape index (κ1) is 16.8. The van der Waals surface area contributed by atoms with Gasteiger partial charge in [0.2, 0.25) is 0 Å². The number of unbranched alkanes of at least 4 members (excludes halogenated alkanes) is 1. The van der Waals surface area contributed by atoms with Crippen molar-refractivity contribution in [3.8, 4) is 0 Å². The molecule has 3 nitrogen and oxygen atoms in total. The van der Waals surface area contributed by atoms with Crippen LogP contribution in [0.5, 0.6) is 0 Å². The van der Waals surface area contributed by atoms with Gasteiger partial charge in [0.15, 0.2) is 0 Å². The van der Waals surface area contributed by atoms with Gasteiger partial charge in [-0.1, -0.05) is 18.6 Å². The van der Waals surface area contributed by atoms with E-state index in [4.69, 9.17) is 9.31 Å². The van der Waals surface area contributed by atoms with E-state index in [0.29, 0.717) is 13.2 Å². The van der Waals surface area contributed by atoms with E-state index in [1.54, 1.807) is 12.1 Å². The number of hydrogen-bond donors (Lipinski definition) is 1. The molecule has 2 heterocycles. The van der Waals surface area contributed by atoms with Crippen molar-refractivity contribution in [2.75, 3.05) is 6.54 Å². The molecule has 0 bridgehead atoms. The van der Waals surface area contributed by atoms with Gasteiger partial charge in [0.1, 0.15) is 11.6 Å². The summed E-state index contributed by atoms with van der Waals surface area (Å²) in [4.78, 5) is 0. The summed E-state index contributed by atoms with van der Waals surface area (Å²) in [5.41, 5.74) is 4.02. The predicted octanol–water partition coefficient (Wildman–Crippen LogP) is 1.99. The predicted molar refractivity (Wildman–Crippen MR) is 95.2 cm³/mol. The number of halogens is 2. The molecule has 2 aliphatic rings. The lowest BCUT2D eigenvalue weighted by Gasteiger charge is -2.10. The maximum Gasteiger partial charge on any atom is 0.416 e. The van der Waals surface area contributed by atoms with Crippen molar-refractivity contribution in [3.05, 3.63) is 59.2 Å². The average Bonchev–Trinajstić information content (AvgIpc) is 3.18. The molecule has 2 aliphatic heterocycles. The van der Waals surface area contributed by atoms with Gasteiger partial charge < -0.3 is 14.5 Å². The van der Waals surface area contributed by atoms with Crippen molar-refractivity contribution in [1.82, 2.24) is 5.23 Å². The normalized spacial score (nSPS) is 15.6. The van der Waals surface area contributed by atoms with Gasteiger partial charge in [-0.3, -0.25) is 0 Å². The van der Waals surface area contributed by atoms with Crippen LogP contribution in [0.15, 0.2) is 36.4 Å². The van der Waals surface area contributed by atoms with Crippen molar-refractivity contribution in [1.29, 1.82) is 0 Å². The summed E-state index contributed by atoms with van der Waals surface area (Å²) in [6.45, 7) is 1.85. The van der Waals surface area contributed by atoms with Crippen molar-refractivity contribution < 1.29 is 18.1 Å². The van der Waals surface area contributed by atoms with E-state index in [9.17, 15) is 8.78 Å². The molecule has 0 unspecified atom stereocenters. The van der Waals surface area contributed by atoms with Crippen molar-refractivity contribution in [3.63, 3.8) is 0 Å². The van der Waals surface area contributed by atoms with Gasteiger partial charge in [-0.05, 0) is 65.6 Å². The van der Waals surface area contributed by atoms with E-state index >= 15 is 0 Å². The van der Waals surface area contributed by atoms with E-state index < -0.39 is 0 Å². The van der Waals surface area contributed by atoms with Crippen LogP contribution in [-0.2, 0) is 22.5 Å². The molecular formula is C18H19B2F2NO2. The van der Waals surface area contributed by atoms with Crippen LogP contribution in [0.4, 0.5) is 8.78 Å². The summed E-state index contributed by atoms with van der Waals surface area (Å²) >= 11 is 0. The Bertz CT molecular complexity index is 711. The number of benzene rings is 2. The Kier molecular flexibility index (Phi) is 4.88.